The zero-order valence-electron chi connectivity index (χ0n) is 9.89. The quantitative estimate of drug-likeness (QED) is 0.890. The van der Waals surface area contributed by atoms with E-state index in [1.54, 1.807) is 12.1 Å². The fourth-order valence-corrected chi connectivity index (χ4v) is 2.80. The minimum absolute atomic E-state index is 0.149. The fourth-order valence-electron chi connectivity index (χ4n) is 1.83. The summed E-state index contributed by atoms with van der Waals surface area (Å²) in [6, 6.07) is 4.75. The van der Waals surface area contributed by atoms with Crippen LogP contribution in [-0.4, -0.2) is 16.1 Å². The predicted octanol–water partition coefficient (Wildman–Crippen LogP) is 4.12. The molecule has 0 spiro atoms. The van der Waals surface area contributed by atoms with Gasteiger partial charge in [0.2, 0.25) is 0 Å². The van der Waals surface area contributed by atoms with E-state index >= 15 is 0 Å². The molecule has 2 aromatic rings. The average molecular weight is 295 g/mol. The van der Waals surface area contributed by atoms with Crippen LogP contribution >= 0.6 is 22.9 Å². The maximum Gasteiger partial charge on any atom is 0.337 e. The molecule has 1 saturated carbocycles. The molecule has 4 nitrogen and oxygen atoms in total. The summed E-state index contributed by atoms with van der Waals surface area (Å²) < 4.78 is 0. The van der Waals surface area contributed by atoms with Crippen molar-refractivity contribution in [2.45, 2.75) is 18.8 Å². The lowest BCUT2D eigenvalue weighted by Gasteiger charge is -2.07. The van der Waals surface area contributed by atoms with Gasteiger partial charge in [0.05, 0.1) is 16.9 Å². The molecule has 3 rings (SSSR count). The lowest BCUT2D eigenvalue weighted by molar-refractivity contribution is 0.0698. The number of aromatic nitrogens is 1. The molecule has 1 heterocycles. The number of halogens is 1. The maximum atomic E-state index is 11.2. The van der Waals surface area contributed by atoms with E-state index in [1.807, 2.05) is 5.38 Å². The second-order valence-corrected chi connectivity index (χ2v) is 5.77. The van der Waals surface area contributed by atoms with Crippen LogP contribution in [0.3, 0.4) is 0 Å². The minimum Gasteiger partial charge on any atom is -0.478 e. The summed E-state index contributed by atoms with van der Waals surface area (Å²) >= 11 is 7.30. The van der Waals surface area contributed by atoms with E-state index in [-0.39, 0.29) is 5.56 Å². The number of carbonyl (C=O) groups is 1. The lowest BCUT2D eigenvalue weighted by atomic mass is 10.2. The van der Waals surface area contributed by atoms with Crippen LogP contribution in [0.1, 0.15) is 34.8 Å². The SMILES string of the molecule is O=C(O)c1cc(Cl)ccc1Nc1nc(C2CC2)cs1. The molecule has 1 aliphatic rings. The van der Waals surface area contributed by atoms with Crippen molar-refractivity contribution < 1.29 is 9.90 Å². The number of nitrogens with one attached hydrogen (secondary N) is 1. The highest BCUT2D eigenvalue weighted by Gasteiger charge is 2.26. The summed E-state index contributed by atoms with van der Waals surface area (Å²) in [7, 11) is 0. The van der Waals surface area contributed by atoms with Gasteiger partial charge in [-0.25, -0.2) is 9.78 Å². The van der Waals surface area contributed by atoms with Crippen molar-refractivity contribution in [1.82, 2.24) is 4.98 Å². The topological polar surface area (TPSA) is 62.2 Å². The monoisotopic (exact) mass is 294 g/mol. The van der Waals surface area contributed by atoms with Crippen LogP contribution in [0, 0.1) is 0 Å². The van der Waals surface area contributed by atoms with Gasteiger partial charge in [-0.1, -0.05) is 11.6 Å². The fraction of sp³-hybridized carbons (Fsp3) is 0.231. The Hall–Kier alpha value is -1.59. The molecule has 1 aromatic carbocycles. The summed E-state index contributed by atoms with van der Waals surface area (Å²) in [6.45, 7) is 0. The molecule has 6 heteroatoms. The third-order valence-corrected chi connectivity index (χ3v) is 3.98. The van der Waals surface area contributed by atoms with Gasteiger partial charge >= 0.3 is 5.97 Å². The number of thiazole rings is 1. The number of benzene rings is 1. The number of carboxylic acids is 1. The number of carboxylic acid groups (broad SMARTS) is 1. The Bertz CT molecular complexity index is 637. The first-order valence-corrected chi connectivity index (χ1v) is 7.14. The smallest absolute Gasteiger partial charge is 0.337 e. The Morgan fingerprint density at radius 2 is 2.26 bits per heavy atom. The summed E-state index contributed by atoms with van der Waals surface area (Å²) in [5.74, 6) is -0.417. The Balaban J connectivity index is 1.87. The van der Waals surface area contributed by atoms with E-state index in [2.05, 4.69) is 10.3 Å². The van der Waals surface area contributed by atoms with E-state index in [9.17, 15) is 4.79 Å². The number of rotatable bonds is 4. The second-order valence-electron chi connectivity index (χ2n) is 4.47. The molecule has 1 aliphatic carbocycles. The molecule has 0 radical (unpaired) electrons. The van der Waals surface area contributed by atoms with Gasteiger partial charge in [-0.05, 0) is 31.0 Å². The molecule has 19 heavy (non-hydrogen) atoms. The zero-order chi connectivity index (χ0) is 13.4. The molecular formula is C13H11ClN2O2S. The van der Waals surface area contributed by atoms with E-state index < -0.39 is 5.97 Å². The van der Waals surface area contributed by atoms with Crippen LogP contribution in [0.5, 0.6) is 0 Å². The normalized spacial score (nSPS) is 14.4. The second kappa shape index (κ2) is 4.83. The van der Waals surface area contributed by atoms with Gasteiger partial charge in [0, 0.05) is 16.3 Å². The molecule has 2 N–H and O–H groups in total. The van der Waals surface area contributed by atoms with Gasteiger partial charge in [0.25, 0.3) is 0 Å². The van der Waals surface area contributed by atoms with E-state index in [4.69, 9.17) is 16.7 Å². The Kier molecular flexibility index (Phi) is 3.16. The van der Waals surface area contributed by atoms with Crippen molar-refractivity contribution in [2.75, 3.05) is 5.32 Å². The van der Waals surface area contributed by atoms with Crippen LogP contribution < -0.4 is 5.32 Å². The first-order chi connectivity index (χ1) is 9.13. The van der Waals surface area contributed by atoms with Gasteiger partial charge < -0.3 is 10.4 Å². The molecule has 1 aromatic heterocycles. The van der Waals surface area contributed by atoms with Crippen LogP contribution in [0.4, 0.5) is 10.8 Å². The van der Waals surface area contributed by atoms with Crippen molar-refractivity contribution >= 4 is 39.7 Å². The standard InChI is InChI=1S/C13H11ClN2O2S/c14-8-3-4-10(9(5-8)12(17)18)15-13-16-11(6-19-13)7-1-2-7/h3-7H,1-2H2,(H,15,16)(H,17,18). The Labute approximate surface area is 119 Å². The van der Waals surface area contributed by atoms with E-state index in [0.717, 1.165) is 5.69 Å². The van der Waals surface area contributed by atoms with Crippen molar-refractivity contribution in [3.8, 4) is 0 Å². The molecule has 0 atom stereocenters. The van der Waals surface area contributed by atoms with Gasteiger partial charge in [0.1, 0.15) is 0 Å². The number of aromatic carboxylic acids is 1. The minimum atomic E-state index is -1.01. The molecule has 0 amide bonds. The number of nitrogens with zero attached hydrogens (tertiary/aromatic N) is 1. The lowest BCUT2D eigenvalue weighted by Crippen LogP contribution is -2.02. The van der Waals surface area contributed by atoms with E-state index in [0.29, 0.717) is 21.8 Å². The highest BCUT2D eigenvalue weighted by molar-refractivity contribution is 7.13. The van der Waals surface area contributed by atoms with Crippen molar-refractivity contribution in [3.63, 3.8) is 0 Å². The Morgan fingerprint density at radius 1 is 1.47 bits per heavy atom. The van der Waals surface area contributed by atoms with Gasteiger partial charge in [-0.2, -0.15) is 0 Å². The highest BCUT2D eigenvalue weighted by Crippen LogP contribution is 2.41. The molecule has 0 aliphatic heterocycles. The number of anilines is 2. The summed E-state index contributed by atoms with van der Waals surface area (Å²) in [6.07, 6.45) is 2.40. The third kappa shape index (κ3) is 2.72. The largest absolute Gasteiger partial charge is 0.478 e. The van der Waals surface area contributed by atoms with Gasteiger partial charge in [-0.3, -0.25) is 0 Å². The van der Waals surface area contributed by atoms with Crippen molar-refractivity contribution in [2.24, 2.45) is 0 Å². The number of hydrogen-bond donors (Lipinski definition) is 2. The molecule has 0 unspecified atom stereocenters. The number of hydrogen-bond acceptors (Lipinski definition) is 4. The summed E-state index contributed by atoms with van der Waals surface area (Å²) in [4.78, 5) is 15.6. The van der Waals surface area contributed by atoms with Crippen LogP contribution in [0.25, 0.3) is 0 Å². The summed E-state index contributed by atoms with van der Waals surface area (Å²) in [5, 5.41) is 15.4. The zero-order valence-corrected chi connectivity index (χ0v) is 11.5. The molecule has 0 bridgehead atoms. The Morgan fingerprint density at radius 3 is 2.95 bits per heavy atom. The first-order valence-electron chi connectivity index (χ1n) is 5.89. The molecule has 1 fully saturated rings. The van der Waals surface area contributed by atoms with E-state index in [1.165, 1.54) is 30.2 Å². The third-order valence-electron chi connectivity index (χ3n) is 2.97. The predicted molar refractivity (Wildman–Crippen MR) is 75.8 cm³/mol. The molecule has 0 saturated heterocycles. The molecular weight excluding hydrogens is 284 g/mol. The highest BCUT2D eigenvalue weighted by atomic mass is 35.5. The average Bonchev–Trinajstić information content (AvgIpc) is 3.12. The maximum absolute atomic E-state index is 11.2. The summed E-state index contributed by atoms with van der Waals surface area (Å²) in [5.41, 5.74) is 1.75. The van der Waals surface area contributed by atoms with Crippen molar-refractivity contribution in [3.05, 3.63) is 39.9 Å². The first kappa shape index (κ1) is 12.4. The molecule has 98 valence electrons. The van der Waals surface area contributed by atoms with Gasteiger partial charge in [-0.15, -0.1) is 11.3 Å². The van der Waals surface area contributed by atoms with Crippen molar-refractivity contribution in [1.29, 1.82) is 0 Å². The van der Waals surface area contributed by atoms with Gasteiger partial charge in [0.15, 0.2) is 5.13 Å². The van der Waals surface area contributed by atoms with Crippen LogP contribution in [-0.2, 0) is 0 Å². The van der Waals surface area contributed by atoms with Crippen LogP contribution in [0.15, 0.2) is 23.6 Å². The van der Waals surface area contributed by atoms with Crippen LogP contribution in [0.2, 0.25) is 5.02 Å².